The quantitative estimate of drug-likeness (QED) is 0.850. The molecule has 16 heavy (non-hydrogen) atoms. The van der Waals surface area contributed by atoms with E-state index in [1.165, 1.54) is 11.1 Å². The lowest BCUT2D eigenvalue weighted by Crippen LogP contribution is -2.16. The fourth-order valence-corrected chi connectivity index (χ4v) is 2.42. The number of hydrogen-bond donors (Lipinski definition) is 1. The summed E-state index contributed by atoms with van der Waals surface area (Å²) in [6.07, 6.45) is 2.03. The average molecular weight is 277 g/mol. The molecular formula is C11H14Cl2N2S. The van der Waals surface area contributed by atoms with Crippen LogP contribution in [0, 0.1) is 6.92 Å². The zero-order valence-corrected chi connectivity index (χ0v) is 11.5. The third kappa shape index (κ3) is 2.84. The van der Waals surface area contributed by atoms with Crippen molar-refractivity contribution >= 4 is 40.9 Å². The van der Waals surface area contributed by atoms with Gasteiger partial charge in [-0.15, -0.1) is 12.4 Å². The summed E-state index contributed by atoms with van der Waals surface area (Å²) in [6, 6.07) is 6.22. The number of benzene rings is 1. The van der Waals surface area contributed by atoms with Gasteiger partial charge in [0, 0.05) is 11.6 Å². The average Bonchev–Trinajstić information content (AvgIpc) is 2.66. The molecule has 1 aliphatic heterocycles. The van der Waals surface area contributed by atoms with Gasteiger partial charge in [-0.25, -0.2) is 0 Å². The predicted molar refractivity (Wildman–Crippen MR) is 75.1 cm³/mol. The van der Waals surface area contributed by atoms with E-state index in [-0.39, 0.29) is 18.4 Å². The van der Waals surface area contributed by atoms with E-state index in [4.69, 9.17) is 11.6 Å². The van der Waals surface area contributed by atoms with Crippen molar-refractivity contribution in [1.82, 2.24) is 5.32 Å². The summed E-state index contributed by atoms with van der Waals surface area (Å²) < 4.78 is 0. The van der Waals surface area contributed by atoms with Crippen LogP contribution in [-0.4, -0.2) is 18.0 Å². The molecule has 0 fully saturated rings. The van der Waals surface area contributed by atoms with E-state index < -0.39 is 0 Å². The van der Waals surface area contributed by atoms with Gasteiger partial charge in [-0.3, -0.25) is 4.99 Å². The van der Waals surface area contributed by atoms with E-state index in [2.05, 4.69) is 23.3 Å². The number of halogens is 2. The highest BCUT2D eigenvalue weighted by Gasteiger charge is 2.19. The largest absolute Gasteiger partial charge is 0.362 e. The summed E-state index contributed by atoms with van der Waals surface area (Å²) in [4.78, 5) is 4.59. The SMILES string of the molecule is CSC1=NC(c2ccc(Cl)cc2C)CN1.Cl. The topological polar surface area (TPSA) is 24.4 Å². The lowest BCUT2D eigenvalue weighted by atomic mass is 10.0. The highest BCUT2D eigenvalue weighted by Crippen LogP contribution is 2.26. The molecule has 2 rings (SSSR count). The molecular weight excluding hydrogens is 263 g/mol. The summed E-state index contributed by atoms with van der Waals surface area (Å²) in [6.45, 7) is 2.96. The van der Waals surface area contributed by atoms with Gasteiger partial charge in [-0.1, -0.05) is 29.4 Å². The minimum absolute atomic E-state index is 0. The standard InChI is InChI=1S/C11H13ClN2S.ClH/c1-7-5-8(12)3-4-9(7)10-6-13-11(14-10)15-2;/h3-5,10H,6H2,1-2H3,(H,13,14);1H. The molecule has 5 heteroatoms. The molecule has 88 valence electrons. The van der Waals surface area contributed by atoms with Crippen LogP contribution in [0.3, 0.4) is 0 Å². The monoisotopic (exact) mass is 276 g/mol. The first-order chi connectivity index (χ1) is 7.20. The second-order valence-electron chi connectivity index (χ2n) is 3.54. The molecule has 1 aromatic carbocycles. The van der Waals surface area contributed by atoms with Crippen LogP contribution in [0.25, 0.3) is 0 Å². The number of aryl methyl sites for hydroxylation is 1. The molecule has 0 saturated heterocycles. The lowest BCUT2D eigenvalue weighted by molar-refractivity contribution is 0.746. The van der Waals surface area contributed by atoms with Crippen LogP contribution < -0.4 is 5.32 Å². The maximum Gasteiger partial charge on any atom is 0.157 e. The van der Waals surface area contributed by atoms with E-state index in [0.717, 1.165) is 16.7 Å². The van der Waals surface area contributed by atoms with Crippen LogP contribution in [0.5, 0.6) is 0 Å². The Labute approximate surface area is 111 Å². The summed E-state index contributed by atoms with van der Waals surface area (Å²) >= 11 is 7.58. The van der Waals surface area contributed by atoms with Gasteiger partial charge in [0.2, 0.25) is 0 Å². The smallest absolute Gasteiger partial charge is 0.157 e. The Bertz CT molecular complexity index is 407. The molecule has 0 bridgehead atoms. The third-order valence-corrected chi connectivity index (χ3v) is 3.38. The van der Waals surface area contributed by atoms with Crippen LogP contribution in [0.2, 0.25) is 5.02 Å². The van der Waals surface area contributed by atoms with Crippen molar-refractivity contribution in [3.8, 4) is 0 Å². The Hall–Kier alpha value is -0.380. The molecule has 1 atom stereocenters. The summed E-state index contributed by atoms with van der Waals surface area (Å²) in [5.41, 5.74) is 2.47. The molecule has 1 N–H and O–H groups in total. The van der Waals surface area contributed by atoms with E-state index in [9.17, 15) is 0 Å². The van der Waals surface area contributed by atoms with Gasteiger partial charge in [-0.2, -0.15) is 0 Å². The number of rotatable bonds is 1. The molecule has 1 aromatic rings. The van der Waals surface area contributed by atoms with E-state index in [1.807, 2.05) is 18.4 Å². The van der Waals surface area contributed by atoms with Crippen LogP contribution >= 0.6 is 35.8 Å². The normalized spacial score (nSPS) is 18.7. The highest BCUT2D eigenvalue weighted by atomic mass is 35.5. The van der Waals surface area contributed by atoms with Crippen molar-refractivity contribution in [1.29, 1.82) is 0 Å². The second-order valence-corrected chi connectivity index (χ2v) is 4.77. The predicted octanol–water partition coefficient (Wildman–Crippen LogP) is 3.43. The summed E-state index contributed by atoms with van der Waals surface area (Å²) in [7, 11) is 0. The highest BCUT2D eigenvalue weighted by molar-refractivity contribution is 8.13. The fourth-order valence-electron chi connectivity index (χ4n) is 1.73. The number of hydrogen-bond acceptors (Lipinski definition) is 3. The van der Waals surface area contributed by atoms with Crippen LogP contribution in [-0.2, 0) is 0 Å². The number of nitrogens with one attached hydrogen (secondary N) is 1. The second kappa shape index (κ2) is 5.80. The first-order valence-corrected chi connectivity index (χ1v) is 6.42. The molecule has 1 aliphatic rings. The van der Waals surface area contributed by atoms with Gasteiger partial charge in [0.1, 0.15) is 0 Å². The van der Waals surface area contributed by atoms with Crippen molar-refractivity contribution in [2.45, 2.75) is 13.0 Å². The Morgan fingerprint density at radius 2 is 2.25 bits per heavy atom. The molecule has 0 spiro atoms. The van der Waals surface area contributed by atoms with Crippen molar-refractivity contribution in [3.63, 3.8) is 0 Å². The molecule has 1 heterocycles. The molecule has 0 aromatic heterocycles. The molecule has 0 amide bonds. The molecule has 0 aliphatic carbocycles. The van der Waals surface area contributed by atoms with Gasteiger partial charge in [-0.05, 0) is 36.4 Å². The van der Waals surface area contributed by atoms with Crippen LogP contribution in [0.15, 0.2) is 23.2 Å². The summed E-state index contributed by atoms with van der Waals surface area (Å²) in [5.74, 6) is 0. The fraction of sp³-hybridized carbons (Fsp3) is 0.364. The van der Waals surface area contributed by atoms with Crippen molar-refractivity contribution in [2.24, 2.45) is 4.99 Å². The zero-order chi connectivity index (χ0) is 10.8. The zero-order valence-electron chi connectivity index (χ0n) is 9.16. The summed E-state index contributed by atoms with van der Waals surface area (Å²) in [5, 5.41) is 5.09. The first kappa shape index (κ1) is 13.7. The van der Waals surface area contributed by atoms with E-state index in [1.54, 1.807) is 11.8 Å². The van der Waals surface area contributed by atoms with Gasteiger partial charge < -0.3 is 5.32 Å². The maximum atomic E-state index is 5.92. The Balaban J connectivity index is 0.00000128. The maximum absolute atomic E-state index is 5.92. The Morgan fingerprint density at radius 3 is 2.81 bits per heavy atom. The minimum Gasteiger partial charge on any atom is -0.362 e. The minimum atomic E-state index is 0. The van der Waals surface area contributed by atoms with Gasteiger partial charge in [0.05, 0.1) is 6.04 Å². The Kier molecular flexibility index (Phi) is 4.96. The van der Waals surface area contributed by atoms with Gasteiger partial charge >= 0.3 is 0 Å². The van der Waals surface area contributed by atoms with Crippen LogP contribution in [0.1, 0.15) is 17.2 Å². The molecule has 0 saturated carbocycles. The van der Waals surface area contributed by atoms with E-state index >= 15 is 0 Å². The molecule has 1 unspecified atom stereocenters. The van der Waals surface area contributed by atoms with E-state index in [0.29, 0.717) is 0 Å². The number of thioether (sulfide) groups is 1. The van der Waals surface area contributed by atoms with Crippen molar-refractivity contribution < 1.29 is 0 Å². The van der Waals surface area contributed by atoms with Gasteiger partial charge in [0.15, 0.2) is 5.17 Å². The van der Waals surface area contributed by atoms with Crippen LogP contribution in [0.4, 0.5) is 0 Å². The first-order valence-electron chi connectivity index (χ1n) is 4.82. The Morgan fingerprint density at radius 1 is 1.50 bits per heavy atom. The molecule has 0 radical (unpaired) electrons. The third-order valence-electron chi connectivity index (χ3n) is 2.50. The van der Waals surface area contributed by atoms with Crippen molar-refractivity contribution in [2.75, 3.05) is 12.8 Å². The van der Waals surface area contributed by atoms with Crippen molar-refractivity contribution in [3.05, 3.63) is 34.3 Å². The number of amidine groups is 1. The molecule has 2 nitrogen and oxygen atoms in total. The van der Waals surface area contributed by atoms with Gasteiger partial charge in [0.25, 0.3) is 0 Å². The number of nitrogens with zero attached hydrogens (tertiary/aromatic N) is 1. The number of aliphatic imine (C=N–C) groups is 1. The lowest BCUT2D eigenvalue weighted by Gasteiger charge is -2.09.